The number of nitrogens with zero attached hydrogens (tertiary/aromatic N) is 2. The van der Waals surface area contributed by atoms with Crippen LogP contribution in [0.2, 0.25) is 5.15 Å². The average Bonchev–Trinajstić information content (AvgIpc) is 2.47. The molecule has 2 rings (SSSR count). The fourth-order valence-corrected chi connectivity index (χ4v) is 2.23. The zero-order valence-electron chi connectivity index (χ0n) is 11.5. The van der Waals surface area contributed by atoms with Crippen LogP contribution in [0, 0.1) is 0 Å². The predicted molar refractivity (Wildman–Crippen MR) is 82.6 cm³/mol. The van der Waals surface area contributed by atoms with Gasteiger partial charge in [0.25, 0.3) is 0 Å². The van der Waals surface area contributed by atoms with Gasteiger partial charge in [0.1, 0.15) is 11.0 Å². The van der Waals surface area contributed by atoms with Crippen LogP contribution in [0.3, 0.4) is 0 Å². The summed E-state index contributed by atoms with van der Waals surface area (Å²) in [5, 5.41) is 3.78. The van der Waals surface area contributed by atoms with Gasteiger partial charge in [0.2, 0.25) is 0 Å². The number of nitrogens with one attached hydrogen (secondary N) is 1. The van der Waals surface area contributed by atoms with Crippen molar-refractivity contribution in [3.8, 4) is 0 Å². The summed E-state index contributed by atoms with van der Waals surface area (Å²) in [5.41, 5.74) is 7.97. The Morgan fingerprint density at radius 2 is 2.00 bits per heavy atom. The first-order valence-electron chi connectivity index (χ1n) is 6.76. The van der Waals surface area contributed by atoms with Crippen LogP contribution in [0.15, 0.2) is 36.7 Å². The maximum Gasteiger partial charge on any atom is 0.149 e. The monoisotopic (exact) mass is 290 g/mol. The molecule has 106 valence electrons. The van der Waals surface area contributed by atoms with E-state index < -0.39 is 0 Å². The maximum absolute atomic E-state index is 5.86. The van der Waals surface area contributed by atoms with Gasteiger partial charge in [-0.25, -0.2) is 4.98 Å². The molecule has 1 unspecified atom stereocenters. The second-order valence-corrected chi connectivity index (χ2v) is 5.05. The Hall–Kier alpha value is -1.65. The van der Waals surface area contributed by atoms with Gasteiger partial charge >= 0.3 is 0 Å². The van der Waals surface area contributed by atoms with Crippen molar-refractivity contribution < 1.29 is 0 Å². The zero-order chi connectivity index (χ0) is 14.4. The third kappa shape index (κ3) is 3.92. The van der Waals surface area contributed by atoms with Gasteiger partial charge in [0, 0.05) is 6.54 Å². The number of rotatable bonds is 6. The van der Waals surface area contributed by atoms with E-state index in [0.29, 0.717) is 17.5 Å². The molecule has 3 N–H and O–H groups in total. The summed E-state index contributed by atoms with van der Waals surface area (Å²) in [6.07, 6.45) is 5.29. The molecule has 1 aromatic heterocycles. The van der Waals surface area contributed by atoms with Gasteiger partial charge in [-0.2, -0.15) is 0 Å². The molecule has 1 heterocycles. The lowest BCUT2D eigenvalue weighted by Gasteiger charge is -2.19. The largest absolute Gasteiger partial charge is 0.362 e. The molecule has 1 aromatic carbocycles. The number of nitrogens with two attached hydrogens (primary N) is 1. The highest BCUT2D eigenvalue weighted by Crippen LogP contribution is 2.23. The highest BCUT2D eigenvalue weighted by molar-refractivity contribution is 6.29. The van der Waals surface area contributed by atoms with E-state index in [0.717, 1.165) is 18.4 Å². The lowest BCUT2D eigenvalue weighted by atomic mass is 10.0. The van der Waals surface area contributed by atoms with E-state index in [-0.39, 0.29) is 6.04 Å². The van der Waals surface area contributed by atoms with E-state index >= 15 is 0 Å². The molecular formula is C15H19ClN4. The fraction of sp³-hybridized carbons (Fsp3) is 0.333. The van der Waals surface area contributed by atoms with Crippen LogP contribution in [-0.4, -0.2) is 9.97 Å². The van der Waals surface area contributed by atoms with Crippen LogP contribution in [0.25, 0.3) is 0 Å². The molecule has 1 atom stereocenters. The van der Waals surface area contributed by atoms with Crippen molar-refractivity contribution in [1.29, 1.82) is 0 Å². The second-order valence-electron chi connectivity index (χ2n) is 4.66. The third-order valence-corrected chi connectivity index (χ3v) is 3.30. The number of hydrogen-bond acceptors (Lipinski definition) is 4. The standard InChI is InChI=1S/C15H19ClN4/c1-2-3-13(12-6-4-11(8-17)5-7-12)19-15-10-18-9-14(16)20-15/h4-7,9-10,13H,2-3,8,17H2,1H3,(H,19,20). The Kier molecular flexibility index (Phi) is 5.32. The van der Waals surface area contributed by atoms with E-state index in [1.54, 1.807) is 6.20 Å². The molecule has 20 heavy (non-hydrogen) atoms. The molecule has 0 spiro atoms. The van der Waals surface area contributed by atoms with Crippen molar-refractivity contribution in [3.05, 3.63) is 52.9 Å². The molecule has 5 heteroatoms. The fourth-order valence-electron chi connectivity index (χ4n) is 2.09. The third-order valence-electron chi connectivity index (χ3n) is 3.12. The summed E-state index contributed by atoms with van der Waals surface area (Å²) in [6.45, 7) is 2.72. The number of halogens is 1. The van der Waals surface area contributed by atoms with Crippen molar-refractivity contribution in [3.63, 3.8) is 0 Å². The molecule has 0 saturated heterocycles. The minimum Gasteiger partial charge on any atom is -0.362 e. The molecule has 2 aromatic rings. The Bertz CT molecular complexity index is 542. The zero-order valence-corrected chi connectivity index (χ0v) is 12.3. The molecule has 0 aliphatic heterocycles. The lowest BCUT2D eigenvalue weighted by Crippen LogP contribution is -2.12. The number of hydrogen-bond donors (Lipinski definition) is 2. The summed E-state index contributed by atoms with van der Waals surface area (Å²) in [6, 6.07) is 8.52. The first-order chi connectivity index (χ1) is 9.72. The normalized spacial score (nSPS) is 12.2. The lowest BCUT2D eigenvalue weighted by molar-refractivity contribution is 0.674. The molecule has 0 bridgehead atoms. The second kappa shape index (κ2) is 7.22. The van der Waals surface area contributed by atoms with Gasteiger partial charge in [-0.05, 0) is 17.5 Å². The van der Waals surface area contributed by atoms with Crippen molar-refractivity contribution >= 4 is 17.4 Å². The van der Waals surface area contributed by atoms with E-state index in [1.807, 2.05) is 0 Å². The Morgan fingerprint density at radius 3 is 2.60 bits per heavy atom. The Morgan fingerprint density at radius 1 is 1.25 bits per heavy atom. The van der Waals surface area contributed by atoms with Gasteiger partial charge in [-0.3, -0.25) is 4.98 Å². The Balaban J connectivity index is 2.17. The van der Waals surface area contributed by atoms with Crippen LogP contribution in [0.4, 0.5) is 5.82 Å². The van der Waals surface area contributed by atoms with Crippen molar-refractivity contribution in [2.24, 2.45) is 5.73 Å². The predicted octanol–water partition coefficient (Wildman–Crippen LogP) is 3.54. The van der Waals surface area contributed by atoms with Crippen LogP contribution in [0.5, 0.6) is 0 Å². The summed E-state index contributed by atoms with van der Waals surface area (Å²) in [4.78, 5) is 8.27. The topological polar surface area (TPSA) is 63.8 Å². The van der Waals surface area contributed by atoms with Gasteiger partial charge in [0.05, 0.1) is 18.4 Å². The molecule has 0 amide bonds. The van der Waals surface area contributed by atoms with E-state index in [1.165, 1.54) is 11.8 Å². The van der Waals surface area contributed by atoms with Crippen molar-refractivity contribution in [2.75, 3.05) is 5.32 Å². The summed E-state index contributed by atoms with van der Waals surface area (Å²) < 4.78 is 0. The average molecular weight is 291 g/mol. The van der Waals surface area contributed by atoms with Crippen molar-refractivity contribution in [2.45, 2.75) is 32.4 Å². The molecule has 4 nitrogen and oxygen atoms in total. The van der Waals surface area contributed by atoms with E-state index in [4.69, 9.17) is 17.3 Å². The molecule has 0 fully saturated rings. The quantitative estimate of drug-likeness (QED) is 0.854. The molecular weight excluding hydrogens is 272 g/mol. The van der Waals surface area contributed by atoms with Gasteiger partial charge < -0.3 is 11.1 Å². The number of aromatic nitrogens is 2. The SMILES string of the molecule is CCCC(Nc1cncc(Cl)n1)c1ccc(CN)cc1. The van der Waals surface area contributed by atoms with Crippen LogP contribution in [-0.2, 0) is 6.54 Å². The van der Waals surface area contributed by atoms with Crippen molar-refractivity contribution in [1.82, 2.24) is 9.97 Å². The molecule has 0 saturated carbocycles. The minimum atomic E-state index is 0.194. The maximum atomic E-state index is 5.86. The van der Waals surface area contributed by atoms with Gasteiger partial charge in [0.15, 0.2) is 0 Å². The van der Waals surface area contributed by atoms with Crippen LogP contribution >= 0.6 is 11.6 Å². The number of benzene rings is 1. The highest BCUT2D eigenvalue weighted by atomic mass is 35.5. The smallest absolute Gasteiger partial charge is 0.149 e. The Labute approximate surface area is 124 Å². The van der Waals surface area contributed by atoms with Crippen LogP contribution in [0.1, 0.15) is 36.9 Å². The number of anilines is 1. The summed E-state index contributed by atoms with van der Waals surface area (Å²) in [7, 11) is 0. The van der Waals surface area contributed by atoms with Crippen LogP contribution < -0.4 is 11.1 Å². The van der Waals surface area contributed by atoms with E-state index in [9.17, 15) is 0 Å². The summed E-state index contributed by atoms with van der Waals surface area (Å²) >= 11 is 5.86. The minimum absolute atomic E-state index is 0.194. The highest BCUT2D eigenvalue weighted by Gasteiger charge is 2.11. The van der Waals surface area contributed by atoms with Gasteiger partial charge in [-0.1, -0.05) is 49.2 Å². The molecule has 0 aliphatic carbocycles. The first kappa shape index (κ1) is 14.8. The molecule has 0 radical (unpaired) electrons. The van der Waals surface area contributed by atoms with Gasteiger partial charge in [-0.15, -0.1) is 0 Å². The summed E-state index contributed by atoms with van der Waals surface area (Å²) in [5.74, 6) is 0.693. The molecule has 0 aliphatic rings. The first-order valence-corrected chi connectivity index (χ1v) is 7.13. The van der Waals surface area contributed by atoms with E-state index in [2.05, 4.69) is 46.5 Å².